The Balaban J connectivity index is 3.05. The predicted octanol–water partition coefficient (Wildman–Crippen LogP) is 0.714. The highest BCUT2D eigenvalue weighted by molar-refractivity contribution is 5.62. The first-order valence-electron chi connectivity index (χ1n) is 3.39. The van der Waals surface area contributed by atoms with E-state index in [4.69, 9.17) is 5.73 Å². The number of pyridine rings is 1. The number of nitrogens with two attached hydrogens (primary N) is 1. The molecule has 0 fully saturated rings. The van der Waals surface area contributed by atoms with Crippen LogP contribution in [-0.2, 0) is 11.2 Å². The highest BCUT2D eigenvalue weighted by Gasteiger charge is 2.00. The summed E-state index contributed by atoms with van der Waals surface area (Å²) in [6, 6.07) is 1.76. The number of aryl methyl sites for hydroxylation is 1. The molecule has 1 heterocycles. The number of nitrogens with zero attached hydrogens (tertiary/aromatic N) is 1. The van der Waals surface area contributed by atoms with Gasteiger partial charge >= 0.3 is 0 Å². The van der Waals surface area contributed by atoms with Crippen molar-refractivity contribution in [2.75, 3.05) is 5.73 Å². The van der Waals surface area contributed by atoms with Crippen molar-refractivity contribution in [1.29, 1.82) is 0 Å². The van der Waals surface area contributed by atoms with Crippen LogP contribution in [0.2, 0.25) is 0 Å². The molecule has 0 radical (unpaired) electrons. The van der Waals surface area contributed by atoms with Crippen molar-refractivity contribution >= 4 is 12.0 Å². The Morgan fingerprint density at radius 2 is 2.45 bits per heavy atom. The summed E-state index contributed by atoms with van der Waals surface area (Å²) in [5.74, 6) is 0. The van der Waals surface area contributed by atoms with Crippen LogP contribution in [0.5, 0.6) is 0 Å². The van der Waals surface area contributed by atoms with Crippen LogP contribution >= 0.6 is 0 Å². The van der Waals surface area contributed by atoms with Gasteiger partial charge in [0.15, 0.2) is 0 Å². The molecule has 1 rings (SSSR count). The van der Waals surface area contributed by atoms with E-state index in [2.05, 4.69) is 4.98 Å². The Labute approximate surface area is 65.2 Å². The first-order valence-corrected chi connectivity index (χ1v) is 3.39. The first kappa shape index (κ1) is 7.72. The highest BCUT2D eigenvalue weighted by atomic mass is 16.1. The fourth-order valence-corrected chi connectivity index (χ4v) is 0.899. The molecule has 0 amide bonds. The number of aromatic nitrogens is 1. The first-order chi connectivity index (χ1) is 5.25. The zero-order valence-electron chi connectivity index (χ0n) is 6.37. The van der Waals surface area contributed by atoms with E-state index in [-0.39, 0.29) is 0 Å². The van der Waals surface area contributed by atoms with E-state index in [1.54, 1.807) is 12.3 Å². The second-order valence-electron chi connectivity index (χ2n) is 2.34. The second kappa shape index (κ2) is 3.14. The molecule has 58 valence electrons. The summed E-state index contributed by atoms with van der Waals surface area (Å²) in [5.41, 5.74) is 7.91. The van der Waals surface area contributed by atoms with Gasteiger partial charge in [0, 0.05) is 12.6 Å². The number of nitrogen functional groups attached to an aromatic ring is 1. The van der Waals surface area contributed by atoms with E-state index in [1.807, 2.05) is 6.92 Å². The van der Waals surface area contributed by atoms with Crippen molar-refractivity contribution in [2.24, 2.45) is 0 Å². The summed E-state index contributed by atoms with van der Waals surface area (Å²) in [5, 5.41) is 0. The van der Waals surface area contributed by atoms with Gasteiger partial charge in [-0.2, -0.15) is 0 Å². The van der Waals surface area contributed by atoms with Gasteiger partial charge in [0.1, 0.15) is 6.29 Å². The van der Waals surface area contributed by atoms with Crippen molar-refractivity contribution in [2.45, 2.75) is 13.3 Å². The molecule has 3 heteroatoms. The minimum Gasteiger partial charge on any atom is -0.397 e. The summed E-state index contributed by atoms with van der Waals surface area (Å²) >= 11 is 0. The Morgan fingerprint density at radius 1 is 1.73 bits per heavy atom. The fourth-order valence-electron chi connectivity index (χ4n) is 0.899. The third kappa shape index (κ3) is 1.55. The van der Waals surface area contributed by atoms with Crippen LogP contribution in [-0.4, -0.2) is 11.3 Å². The van der Waals surface area contributed by atoms with Crippen LogP contribution in [0.3, 0.4) is 0 Å². The van der Waals surface area contributed by atoms with E-state index in [1.165, 1.54) is 0 Å². The quantitative estimate of drug-likeness (QED) is 0.632. The molecule has 0 unspecified atom stereocenters. The molecule has 1 aromatic heterocycles. The normalized spacial score (nSPS) is 9.55. The topological polar surface area (TPSA) is 56.0 Å². The average molecular weight is 150 g/mol. The molecular formula is C8H10N2O. The lowest BCUT2D eigenvalue weighted by molar-refractivity contribution is -0.107. The SMILES string of the molecule is Cc1nccc(CC=O)c1N. The van der Waals surface area contributed by atoms with E-state index in [0.29, 0.717) is 12.1 Å². The van der Waals surface area contributed by atoms with Crippen LogP contribution in [0.25, 0.3) is 0 Å². The van der Waals surface area contributed by atoms with Crippen LogP contribution in [0.1, 0.15) is 11.3 Å². The van der Waals surface area contributed by atoms with Crippen LogP contribution < -0.4 is 5.73 Å². The maximum atomic E-state index is 10.2. The van der Waals surface area contributed by atoms with Gasteiger partial charge in [-0.3, -0.25) is 4.98 Å². The zero-order valence-corrected chi connectivity index (χ0v) is 6.37. The monoisotopic (exact) mass is 150 g/mol. The highest BCUT2D eigenvalue weighted by Crippen LogP contribution is 2.13. The van der Waals surface area contributed by atoms with Crippen molar-refractivity contribution in [3.05, 3.63) is 23.5 Å². The lowest BCUT2D eigenvalue weighted by Gasteiger charge is -2.02. The smallest absolute Gasteiger partial charge is 0.124 e. The zero-order chi connectivity index (χ0) is 8.27. The Morgan fingerprint density at radius 3 is 3.09 bits per heavy atom. The van der Waals surface area contributed by atoms with Crippen molar-refractivity contribution in [3.63, 3.8) is 0 Å². The minimum atomic E-state index is 0.370. The summed E-state index contributed by atoms with van der Waals surface area (Å²) in [4.78, 5) is 14.1. The number of carbonyl (C=O) groups is 1. The molecule has 0 spiro atoms. The van der Waals surface area contributed by atoms with E-state index < -0.39 is 0 Å². The molecule has 0 aliphatic carbocycles. The molecule has 0 atom stereocenters. The molecule has 1 aromatic rings. The van der Waals surface area contributed by atoms with Gasteiger partial charge in [-0.15, -0.1) is 0 Å². The lowest BCUT2D eigenvalue weighted by atomic mass is 10.1. The number of rotatable bonds is 2. The molecule has 0 aromatic carbocycles. The van der Waals surface area contributed by atoms with Crippen molar-refractivity contribution < 1.29 is 4.79 Å². The van der Waals surface area contributed by atoms with Gasteiger partial charge in [0.05, 0.1) is 11.4 Å². The Bertz CT molecular complexity index is 271. The number of hydrogen-bond acceptors (Lipinski definition) is 3. The standard InChI is InChI=1S/C8H10N2O/c1-6-8(9)7(3-5-11)2-4-10-6/h2,4-5H,3,9H2,1H3. The summed E-state index contributed by atoms with van der Waals surface area (Å²) in [7, 11) is 0. The number of carbonyl (C=O) groups excluding carboxylic acids is 1. The van der Waals surface area contributed by atoms with Crippen LogP contribution in [0.4, 0.5) is 5.69 Å². The third-order valence-electron chi connectivity index (χ3n) is 1.58. The lowest BCUT2D eigenvalue weighted by Crippen LogP contribution is -1.99. The van der Waals surface area contributed by atoms with Crippen molar-refractivity contribution in [3.8, 4) is 0 Å². The van der Waals surface area contributed by atoms with Gasteiger partial charge in [0.25, 0.3) is 0 Å². The van der Waals surface area contributed by atoms with Crippen LogP contribution in [0, 0.1) is 6.92 Å². The predicted molar refractivity (Wildman–Crippen MR) is 43.2 cm³/mol. The van der Waals surface area contributed by atoms with Gasteiger partial charge in [-0.1, -0.05) is 0 Å². The third-order valence-corrected chi connectivity index (χ3v) is 1.58. The number of hydrogen-bond donors (Lipinski definition) is 1. The molecule has 0 aliphatic heterocycles. The molecule has 0 bridgehead atoms. The molecule has 3 nitrogen and oxygen atoms in total. The molecular weight excluding hydrogens is 140 g/mol. The molecule has 0 aliphatic rings. The van der Waals surface area contributed by atoms with Gasteiger partial charge in [-0.05, 0) is 18.6 Å². The van der Waals surface area contributed by atoms with Gasteiger partial charge in [0.2, 0.25) is 0 Å². The van der Waals surface area contributed by atoms with Gasteiger partial charge < -0.3 is 10.5 Å². The molecule has 2 N–H and O–H groups in total. The molecule has 0 saturated carbocycles. The summed E-state index contributed by atoms with van der Waals surface area (Å²) in [6.07, 6.45) is 2.87. The minimum absolute atomic E-state index is 0.370. The maximum Gasteiger partial charge on any atom is 0.124 e. The van der Waals surface area contributed by atoms with E-state index in [0.717, 1.165) is 17.5 Å². The summed E-state index contributed by atoms with van der Waals surface area (Å²) < 4.78 is 0. The largest absolute Gasteiger partial charge is 0.397 e. The van der Waals surface area contributed by atoms with Crippen molar-refractivity contribution in [1.82, 2.24) is 4.98 Å². The van der Waals surface area contributed by atoms with E-state index in [9.17, 15) is 4.79 Å². The van der Waals surface area contributed by atoms with Crippen LogP contribution in [0.15, 0.2) is 12.3 Å². The fraction of sp³-hybridized carbons (Fsp3) is 0.250. The van der Waals surface area contributed by atoms with Gasteiger partial charge in [-0.25, -0.2) is 0 Å². The second-order valence-corrected chi connectivity index (χ2v) is 2.34. The Kier molecular flexibility index (Phi) is 2.21. The summed E-state index contributed by atoms with van der Waals surface area (Å²) in [6.45, 7) is 1.82. The molecule has 0 saturated heterocycles. The molecule has 11 heavy (non-hydrogen) atoms. The maximum absolute atomic E-state index is 10.2. The number of anilines is 1. The Hall–Kier alpha value is -1.38. The van der Waals surface area contributed by atoms with E-state index >= 15 is 0 Å². The number of aldehydes is 1. The average Bonchev–Trinajstić information content (AvgIpc) is 1.99.